The van der Waals surface area contributed by atoms with Gasteiger partial charge in [0.1, 0.15) is 5.82 Å². The maximum Gasteiger partial charge on any atom is 0.257 e. The molecule has 0 fully saturated rings. The number of carbonyl (C=O) groups excluding carboxylic acids is 1. The van der Waals surface area contributed by atoms with Crippen molar-refractivity contribution in [2.45, 2.75) is 6.92 Å². The molecule has 1 aliphatic heterocycles. The molecule has 0 radical (unpaired) electrons. The molecule has 2 aromatic carbocycles. The molecule has 1 N–H and O–H groups in total. The Hall–Kier alpha value is -3.99. The Labute approximate surface area is 192 Å². The molecule has 10 nitrogen and oxygen atoms in total. The summed E-state index contributed by atoms with van der Waals surface area (Å²) < 4.78 is 29.4. The fourth-order valence-electron chi connectivity index (χ4n) is 3.53. The van der Waals surface area contributed by atoms with Gasteiger partial charge in [-0.2, -0.15) is 9.78 Å². The summed E-state index contributed by atoms with van der Waals surface area (Å²) in [7, 11) is 4.50. The van der Waals surface area contributed by atoms with E-state index in [0.29, 0.717) is 45.3 Å². The highest BCUT2D eigenvalue weighted by Crippen LogP contribution is 2.40. The van der Waals surface area contributed by atoms with Gasteiger partial charge in [0.25, 0.3) is 5.91 Å². The number of hydrogen-bond acceptors (Lipinski definition) is 9. The second kappa shape index (κ2) is 8.17. The van der Waals surface area contributed by atoms with Crippen molar-refractivity contribution in [3.05, 3.63) is 41.6 Å². The summed E-state index contributed by atoms with van der Waals surface area (Å²) in [5.41, 5.74) is 1.82. The Kier molecular flexibility index (Phi) is 5.17. The van der Waals surface area contributed by atoms with Crippen LogP contribution in [0.5, 0.6) is 28.7 Å². The van der Waals surface area contributed by atoms with Gasteiger partial charge in [0.05, 0.1) is 37.2 Å². The number of anilines is 1. The third-order valence-corrected chi connectivity index (χ3v) is 6.05. The quantitative estimate of drug-likeness (QED) is 0.456. The van der Waals surface area contributed by atoms with E-state index in [1.54, 1.807) is 22.9 Å². The number of methoxy groups -OCH3 is 3. The van der Waals surface area contributed by atoms with Crippen LogP contribution in [0, 0.1) is 6.92 Å². The number of fused-ring (bicyclic) bond motifs is 2. The van der Waals surface area contributed by atoms with Crippen LogP contribution in [0.1, 0.15) is 16.1 Å². The van der Waals surface area contributed by atoms with Gasteiger partial charge in [-0.05, 0) is 19.1 Å². The minimum atomic E-state index is -0.364. The van der Waals surface area contributed by atoms with Crippen LogP contribution in [-0.2, 0) is 0 Å². The van der Waals surface area contributed by atoms with Gasteiger partial charge in [-0.1, -0.05) is 11.3 Å². The highest BCUT2D eigenvalue weighted by Gasteiger charge is 2.21. The zero-order chi connectivity index (χ0) is 23.1. The number of amides is 1. The van der Waals surface area contributed by atoms with Gasteiger partial charge in [0.2, 0.25) is 17.7 Å². The molecule has 1 aliphatic rings. The van der Waals surface area contributed by atoms with Crippen molar-refractivity contribution in [3.8, 4) is 33.9 Å². The molecule has 11 heteroatoms. The van der Waals surface area contributed by atoms with E-state index >= 15 is 0 Å². The molecule has 0 unspecified atom stereocenters. The first-order chi connectivity index (χ1) is 16.0. The van der Waals surface area contributed by atoms with E-state index in [9.17, 15) is 4.79 Å². The van der Waals surface area contributed by atoms with Gasteiger partial charge >= 0.3 is 0 Å². The number of hydrogen-bond donors (Lipinski definition) is 1. The first kappa shape index (κ1) is 20.9. The molecule has 170 valence electrons. The number of rotatable bonds is 6. The van der Waals surface area contributed by atoms with E-state index in [-0.39, 0.29) is 12.7 Å². The van der Waals surface area contributed by atoms with Crippen molar-refractivity contribution >= 4 is 33.3 Å². The fourth-order valence-corrected chi connectivity index (χ4v) is 4.47. The molecular weight excluding hydrogens is 448 g/mol. The van der Waals surface area contributed by atoms with Gasteiger partial charge < -0.3 is 29.0 Å². The van der Waals surface area contributed by atoms with Crippen molar-refractivity contribution in [2.75, 3.05) is 33.4 Å². The first-order valence-electron chi connectivity index (χ1n) is 9.89. The average molecular weight is 468 g/mol. The standard InChI is InChI=1S/C22H20N4O6S/c1-11-5-19(24-21(27)12-6-16(28-2)20(30-4)17(7-12)29-3)26(25-11)22-23-13-8-14-15(32-10-31-14)9-18(13)33-22/h5-9H,10H2,1-4H3,(H,24,27). The summed E-state index contributed by atoms with van der Waals surface area (Å²) in [6.07, 6.45) is 0. The molecular formula is C22H20N4O6S. The molecule has 33 heavy (non-hydrogen) atoms. The Bertz CT molecular complexity index is 1310. The van der Waals surface area contributed by atoms with Crippen molar-refractivity contribution in [3.63, 3.8) is 0 Å². The molecule has 0 saturated carbocycles. The van der Waals surface area contributed by atoms with Gasteiger partial charge in [-0.3, -0.25) is 4.79 Å². The monoisotopic (exact) mass is 468 g/mol. The lowest BCUT2D eigenvalue weighted by atomic mass is 10.1. The Balaban J connectivity index is 1.49. The minimum Gasteiger partial charge on any atom is -0.493 e. The lowest BCUT2D eigenvalue weighted by molar-refractivity contribution is 0.102. The Morgan fingerprint density at radius 2 is 1.73 bits per heavy atom. The van der Waals surface area contributed by atoms with Crippen molar-refractivity contribution in [1.29, 1.82) is 0 Å². The predicted molar refractivity (Wildman–Crippen MR) is 122 cm³/mol. The van der Waals surface area contributed by atoms with E-state index in [0.717, 1.165) is 15.9 Å². The normalized spacial score (nSPS) is 12.1. The number of benzene rings is 2. The van der Waals surface area contributed by atoms with Gasteiger partial charge in [-0.25, -0.2) is 4.98 Å². The predicted octanol–water partition coefficient (Wildman–Crippen LogP) is 3.80. The van der Waals surface area contributed by atoms with Crippen LogP contribution >= 0.6 is 11.3 Å². The van der Waals surface area contributed by atoms with Crippen molar-refractivity contribution < 1.29 is 28.5 Å². The number of thiazole rings is 1. The largest absolute Gasteiger partial charge is 0.493 e. The zero-order valence-corrected chi connectivity index (χ0v) is 19.1. The molecule has 2 aromatic heterocycles. The minimum absolute atomic E-state index is 0.203. The molecule has 0 saturated heterocycles. The molecule has 0 atom stereocenters. The molecule has 0 aliphatic carbocycles. The average Bonchev–Trinajstić information content (AvgIpc) is 3.53. The van der Waals surface area contributed by atoms with Crippen LogP contribution in [0.15, 0.2) is 30.3 Å². The van der Waals surface area contributed by atoms with E-state index < -0.39 is 0 Å². The number of ether oxygens (including phenoxy) is 5. The molecule has 0 spiro atoms. The Morgan fingerprint density at radius 3 is 2.39 bits per heavy atom. The fraction of sp³-hybridized carbons (Fsp3) is 0.227. The highest BCUT2D eigenvalue weighted by molar-refractivity contribution is 7.20. The molecule has 3 heterocycles. The van der Waals surface area contributed by atoms with Crippen LogP contribution < -0.4 is 29.0 Å². The third-order valence-electron chi connectivity index (χ3n) is 5.05. The summed E-state index contributed by atoms with van der Waals surface area (Å²) in [5.74, 6) is 2.64. The van der Waals surface area contributed by atoms with Crippen LogP contribution in [0.25, 0.3) is 15.3 Å². The number of carbonyl (C=O) groups is 1. The number of nitrogens with one attached hydrogen (secondary N) is 1. The SMILES string of the molecule is COc1cc(C(=O)Nc2cc(C)nn2-c2nc3cc4c(cc3s2)OCO4)cc(OC)c1OC. The van der Waals surface area contributed by atoms with Gasteiger partial charge in [0.15, 0.2) is 23.0 Å². The molecule has 1 amide bonds. The first-order valence-corrected chi connectivity index (χ1v) is 10.7. The van der Waals surface area contributed by atoms with Gasteiger partial charge in [-0.15, -0.1) is 0 Å². The smallest absolute Gasteiger partial charge is 0.257 e. The van der Waals surface area contributed by atoms with Crippen LogP contribution in [0.2, 0.25) is 0 Å². The second-order valence-electron chi connectivity index (χ2n) is 7.12. The van der Waals surface area contributed by atoms with E-state index in [4.69, 9.17) is 23.7 Å². The summed E-state index contributed by atoms with van der Waals surface area (Å²) in [5, 5.41) is 8.02. The Morgan fingerprint density at radius 1 is 1.03 bits per heavy atom. The summed E-state index contributed by atoms with van der Waals surface area (Å²) in [4.78, 5) is 17.8. The topological polar surface area (TPSA) is 106 Å². The third kappa shape index (κ3) is 3.65. The summed E-state index contributed by atoms with van der Waals surface area (Å²) in [6, 6.07) is 8.67. The molecule has 5 rings (SSSR count). The second-order valence-corrected chi connectivity index (χ2v) is 8.13. The lowest BCUT2D eigenvalue weighted by Crippen LogP contribution is -2.15. The number of nitrogens with zero attached hydrogens (tertiary/aromatic N) is 3. The van der Waals surface area contributed by atoms with E-state index in [2.05, 4.69) is 15.4 Å². The van der Waals surface area contributed by atoms with Crippen LogP contribution in [0.3, 0.4) is 0 Å². The van der Waals surface area contributed by atoms with E-state index in [1.807, 2.05) is 19.1 Å². The number of aromatic nitrogens is 3. The lowest BCUT2D eigenvalue weighted by Gasteiger charge is -2.14. The van der Waals surface area contributed by atoms with Crippen molar-refractivity contribution in [2.24, 2.45) is 0 Å². The van der Waals surface area contributed by atoms with Crippen LogP contribution in [0.4, 0.5) is 5.82 Å². The molecule has 4 aromatic rings. The highest BCUT2D eigenvalue weighted by atomic mass is 32.1. The van der Waals surface area contributed by atoms with Gasteiger partial charge in [0, 0.05) is 23.8 Å². The summed E-state index contributed by atoms with van der Waals surface area (Å²) >= 11 is 1.43. The van der Waals surface area contributed by atoms with Crippen molar-refractivity contribution in [1.82, 2.24) is 14.8 Å². The molecule has 0 bridgehead atoms. The zero-order valence-electron chi connectivity index (χ0n) is 18.3. The maximum absolute atomic E-state index is 13.1. The number of aryl methyl sites for hydroxylation is 1. The van der Waals surface area contributed by atoms with E-state index in [1.165, 1.54) is 32.7 Å². The maximum atomic E-state index is 13.1. The van der Waals surface area contributed by atoms with Crippen LogP contribution in [-0.4, -0.2) is 48.8 Å². The summed E-state index contributed by atoms with van der Waals surface area (Å²) in [6.45, 7) is 2.05.